The number of benzene rings is 8. The second-order valence-corrected chi connectivity index (χ2v) is 14.7. The second kappa shape index (κ2) is 11.4. The molecule has 3 nitrogen and oxygen atoms in total. The topological polar surface area (TPSA) is 29.3 Å². The summed E-state index contributed by atoms with van der Waals surface area (Å²) in [7, 11) is 0. The Morgan fingerprint density at radius 2 is 0.927 bits per heavy atom. The first-order valence-corrected chi connectivity index (χ1v) is 18.9. The summed E-state index contributed by atoms with van der Waals surface area (Å²) in [6.45, 7) is 0. The molecule has 12 rings (SSSR count). The molecule has 0 atom stereocenters. The van der Waals surface area contributed by atoms with E-state index >= 15 is 0 Å². The monoisotopic (exact) mass is 700 g/mol. The molecule has 2 aliphatic rings. The zero-order chi connectivity index (χ0) is 36.1. The molecule has 10 aromatic rings. The van der Waals surface area contributed by atoms with Crippen LogP contribution in [0.4, 0.5) is 17.2 Å². The van der Waals surface area contributed by atoms with E-state index in [-0.39, 0.29) is 0 Å². The number of pyridine rings is 1. The van der Waals surface area contributed by atoms with Gasteiger partial charge in [0, 0.05) is 34.4 Å². The quantitative estimate of drug-likeness (QED) is 0.183. The SMILES string of the molecule is c1ccc(-c2ccc(N(c3ccc4c(c3)-c3ccccc3C43c4ccccc4-c4ccccc43)c3cc4oc5cc6ccccc6cc5c4cn3)cc2)cc1. The van der Waals surface area contributed by atoms with Crippen molar-refractivity contribution in [1.82, 2.24) is 4.98 Å². The largest absolute Gasteiger partial charge is 0.456 e. The number of furan rings is 1. The summed E-state index contributed by atoms with van der Waals surface area (Å²) >= 11 is 0. The summed E-state index contributed by atoms with van der Waals surface area (Å²) in [4.78, 5) is 7.44. The van der Waals surface area contributed by atoms with E-state index in [4.69, 9.17) is 9.40 Å². The fraction of sp³-hybridized carbons (Fsp3) is 0.0192. The van der Waals surface area contributed by atoms with Crippen molar-refractivity contribution in [3.63, 3.8) is 0 Å². The molecular formula is C52H32N2O. The highest BCUT2D eigenvalue weighted by Crippen LogP contribution is 2.63. The van der Waals surface area contributed by atoms with Gasteiger partial charge in [0.25, 0.3) is 0 Å². The normalized spacial score (nSPS) is 13.2. The van der Waals surface area contributed by atoms with E-state index in [1.807, 2.05) is 6.20 Å². The number of fused-ring (bicyclic) bond motifs is 14. The van der Waals surface area contributed by atoms with Crippen LogP contribution in [0.15, 0.2) is 199 Å². The number of rotatable bonds is 4. The fourth-order valence-corrected chi connectivity index (χ4v) is 9.54. The lowest BCUT2D eigenvalue weighted by Crippen LogP contribution is -2.25. The molecule has 0 N–H and O–H groups in total. The average molecular weight is 701 g/mol. The van der Waals surface area contributed by atoms with Crippen LogP contribution < -0.4 is 4.90 Å². The van der Waals surface area contributed by atoms with Gasteiger partial charge in [-0.1, -0.05) is 146 Å². The van der Waals surface area contributed by atoms with Crippen LogP contribution in [0.25, 0.3) is 66.1 Å². The highest BCUT2D eigenvalue weighted by atomic mass is 16.3. The molecule has 0 bridgehead atoms. The minimum Gasteiger partial charge on any atom is -0.456 e. The van der Waals surface area contributed by atoms with Gasteiger partial charge in [0.2, 0.25) is 0 Å². The van der Waals surface area contributed by atoms with Crippen molar-refractivity contribution in [1.29, 1.82) is 0 Å². The van der Waals surface area contributed by atoms with Crippen LogP contribution in [0.2, 0.25) is 0 Å². The van der Waals surface area contributed by atoms with Gasteiger partial charge in [-0.2, -0.15) is 0 Å². The highest BCUT2D eigenvalue weighted by Gasteiger charge is 2.51. The van der Waals surface area contributed by atoms with Crippen LogP contribution >= 0.6 is 0 Å². The Balaban J connectivity index is 1.07. The predicted molar refractivity (Wildman–Crippen MR) is 225 cm³/mol. The molecule has 0 fully saturated rings. The minimum atomic E-state index is -0.394. The van der Waals surface area contributed by atoms with Crippen LogP contribution in [0, 0.1) is 0 Å². The molecule has 2 aliphatic carbocycles. The fourth-order valence-electron chi connectivity index (χ4n) is 9.54. The van der Waals surface area contributed by atoms with Crippen LogP contribution in [0.5, 0.6) is 0 Å². The lowest BCUT2D eigenvalue weighted by molar-refractivity contribution is 0.669. The van der Waals surface area contributed by atoms with Crippen molar-refractivity contribution >= 4 is 49.9 Å². The molecule has 0 unspecified atom stereocenters. The van der Waals surface area contributed by atoms with E-state index in [0.717, 1.165) is 44.5 Å². The van der Waals surface area contributed by atoms with E-state index in [9.17, 15) is 0 Å². The molecule has 2 heterocycles. The van der Waals surface area contributed by atoms with E-state index in [1.54, 1.807) is 0 Å². The van der Waals surface area contributed by atoms with Gasteiger partial charge in [-0.05, 0) is 103 Å². The van der Waals surface area contributed by atoms with Gasteiger partial charge < -0.3 is 4.42 Å². The molecule has 0 aliphatic heterocycles. The van der Waals surface area contributed by atoms with Gasteiger partial charge in [-0.25, -0.2) is 4.98 Å². The third-order valence-electron chi connectivity index (χ3n) is 11.9. The predicted octanol–water partition coefficient (Wildman–Crippen LogP) is 13.6. The Hall–Kier alpha value is -7.23. The standard InChI is InChI=1S/C52H32N2O/c1-2-12-33(13-3-1)34-22-24-37(25-23-34)54(51-31-50-44(32-53-51)43-28-35-14-4-5-15-36(35)29-49(43)55-50)38-26-27-48-42(30-38)41-18-8-11-21-47(41)52(48)45-19-9-6-16-39(45)40-17-7-10-20-46(40)52/h1-32H. The maximum Gasteiger partial charge on any atom is 0.141 e. The van der Waals surface area contributed by atoms with Crippen molar-refractivity contribution in [2.24, 2.45) is 0 Å². The molecule has 8 aromatic carbocycles. The summed E-state index contributed by atoms with van der Waals surface area (Å²) in [6, 6.07) is 68.1. The van der Waals surface area contributed by atoms with Crippen molar-refractivity contribution < 1.29 is 4.42 Å². The molecule has 55 heavy (non-hydrogen) atoms. The van der Waals surface area contributed by atoms with Crippen molar-refractivity contribution in [3.05, 3.63) is 217 Å². The molecule has 0 radical (unpaired) electrons. The van der Waals surface area contributed by atoms with Gasteiger partial charge in [0.05, 0.1) is 5.41 Å². The third kappa shape index (κ3) is 4.24. The molecule has 0 amide bonds. The maximum atomic E-state index is 6.58. The first-order chi connectivity index (χ1) is 27.3. The number of anilines is 3. The smallest absolute Gasteiger partial charge is 0.141 e. The van der Waals surface area contributed by atoms with Gasteiger partial charge in [-0.3, -0.25) is 4.90 Å². The number of hydrogen-bond acceptors (Lipinski definition) is 3. The van der Waals surface area contributed by atoms with Crippen LogP contribution in [-0.4, -0.2) is 4.98 Å². The first-order valence-electron chi connectivity index (χ1n) is 18.9. The van der Waals surface area contributed by atoms with Gasteiger partial charge in [-0.15, -0.1) is 0 Å². The Kier molecular flexibility index (Phi) is 6.26. The lowest BCUT2D eigenvalue weighted by Gasteiger charge is -2.31. The second-order valence-electron chi connectivity index (χ2n) is 14.7. The van der Waals surface area contributed by atoms with E-state index < -0.39 is 5.41 Å². The summed E-state index contributed by atoms with van der Waals surface area (Å²) in [5.74, 6) is 0.793. The van der Waals surface area contributed by atoms with Crippen molar-refractivity contribution in [3.8, 4) is 33.4 Å². The van der Waals surface area contributed by atoms with Crippen LogP contribution in [0.3, 0.4) is 0 Å². The van der Waals surface area contributed by atoms with E-state index in [2.05, 4.69) is 193 Å². The zero-order valence-electron chi connectivity index (χ0n) is 29.8. The van der Waals surface area contributed by atoms with E-state index in [1.165, 1.54) is 61.0 Å². The average Bonchev–Trinajstić information content (AvgIpc) is 3.86. The summed E-state index contributed by atoms with van der Waals surface area (Å²) in [6.07, 6.45) is 1.97. The third-order valence-corrected chi connectivity index (χ3v) is 11.9. The molecule has 3 heteroatoms. The summed E-state index contributed by atoms with van der Waals surface area (Å²) < 4.78 is 6.58. The van der Waals surface area contributed by atoms with Gasteiger partial charge in [0.15, 0.2) is 0 Å². The molecule has 0 saturated carbocycles. The molecular weight excluding hydrogens is 669 g/mol. The Labute approximate surface area is 318 Å². The first kappa shape index (κ1) is 30.3. The van der Waals surface area contributed by atoms with Crippen LogP contribution in [-0.2, 0) is 5.41 Å². The van der Waals surface area contributed by atoms with Crippen LogP contribution in [0.1, 0.15) is 22.3 Å². The molecule has 1 spiro atoms. The van der Waals surface area contributed by atoms with Gasteiger partial charge >= 0.3 is 0 Å². The van der Waals surface area contributed by atoms with Crippen molar-refractivity contribution in [2.75, 3.05) is 4.90 Å². The number of aromatic nitrogens is 1. The lowest BCUT2D eigenvalue weighted by atomic mass is 9.70. The molecule has 256 valence electrons. The number of nitrogens with zero attached hydrogens (tertiary/aromatic N) is 2. The Bertz CT molecular complexity index is 3110. The summed E-state index contributed by atoms with van der Waals surface area (Å²) in [5.41, 5.74) is 16.1. The van der Waals surface area contributed by atoms with Gasteiger partial charge in [0.1, 0.15) is 17.0 Å². The number of hydrogen-bond donors (Lipinski definition) is 0. The highest BCUT2D eigenvalue weighted by molar-refractivity contribution is 6.10. The molecule has 0 saturated heterocycles. The minimum absolute atomic E-state index is 0.394. The van der Waals surface area contributed by atoms with E-state index in [0.29, 0.717) is 0 Å². The Morgan fingerprint density at radius 3 is 1.62 bits per heavy atom. The Morgan fingerprint density at radius 1 is 0.400 bits per heavy atom. The maximum absolute atomic E-state index is 6.58. The summed E-state index contributed by atoms with van der Waals surface area (Å²) in [5, 5.41) is 4.42. The van der Waals surface area contributed by atoms with Crippen molar-refractivity contribution in [2.45, 2.75) is 5.41 Å². The molecule has 2 aromatic heterocycles. The zero-order valence-corrected chi connectivity index (χ0v) is 29.8.